The highest BCUT2D eigenvalue weighted by Gasteiger charge is 2.00. The van der Waals surface area contributed by atoms with Gasteiger partial charge in [-0.1, -0.05) is 0 Å². The summed E-state index contributed by atoms with van der Waals surface area (Å²) in [5, 5.41) is 8.27. The van der Waals surface area contributed by atoms with Crippen LogP contribution in [0.15, 0.2) is 18.3 Å². The van der Waals surface area contributed by atoms with E-state index in [1.807, 2.05) is 0 Å². The third-order valence-corrected chi connectivity index (χ3v) is 1.24. The summed E-state index contributed by atoms with van der Waals surface area (Å²) in [5.74, 6) is -0.404. The molecule has 0 bridgehead atoms. The van der Waals surface area contributed by atoms with Crippen LogP contribution in [-0.2, 0) is 11.8 Å². The van der Waals surface area contributed by atoms with Crippen molar-refractivity contribution in [3.05, 3.63) is 18.3 Å². The zero-order valence-corrected chi connectivity index (χ0v) is 6.15. The van der Waals surface area contributed by atoms with Gasteiger partial charge in [-0.25, -0.2) is 4.79 Å². The number of nitrogens with zero attached hydrogens (tertiary/aromatic N) is 1. The Morgan fingerprint density at radius 2 is 2.55 bits per heavy atom. The van der Waals surface area contributed by atoms with Gasteiger partial charge in [-0.15, -0.1) is 0 Å². The maximum absolute atomic E-state index is 10.1. The van der Waals surface area contributed by atoms with Gasteiger partial charge in [0, 0.05) is 13.2 Å². The van der Waals surface area contributed by atoms with Gasteiger partial charge in [0.15, 0.2) is 12.5 Å². The Morgan fingerprint density at radius 1 is 1.82 bits per heavy atom. The molecule has 0 aliphatic heterocycles. The van der Waals surface area contributed by atoms with Gasteiger partial charge in [-0.05, 0) is 12.1 Å². The minimum atomic E-state index is -0.966. The van der Waals surface area contributed by atoms with Gasteiger partial charge >= 0.3 is 5.97 Å². The summed E-state index contributed by atoms with van der Waals surface area (Å²) >= 11 is 0. The number of carbonyl (C=O) groups is 1. The topological polar surface area (TPSA) is 51.5 Å². The number of rotatable bonds is 3. The second kappa shape index (κ2) is 3.09. The number of hydrogen-bond acceptors (Lipinski definition) is 2. The molecular formula is C7H9NO3. The van der Waals surface area contributed by atoms with E-state index >= 15 is 0 Å². The normalized spacial score (nSPS) is 9.55. The number of aryl methyl sites for hydroxylation is 1. The summed E-state index contributed by atoms with van der Waals surface area (Å²) in [6.07, 6.45) is 1.79. The SMILES string of the molecule is Cn1cccc1OCC(=O)O. The van der Waals surface area contributed by atoms with Crippen LogP contribution < -0.4 is 4.74 Å². The number of aliphatic carboxylic acids is 1. The molecule has 0 amide bonds. The van der Waals surface area contributed by atoms with E-state index in [-0.39, 0.29) is 6.61 Å². The molecule has 1 rings (SSSR count). The van der Waals surface area contributed by atoms with Gasteiger partial charge in [0.2, 0.25) is 0 Å². The molecule has 0 aliphatic rings. The molecule has 0 unspecified atom stereocenters. The second-order valence-electron chi connectivity index (χ2n) is 2.14. The van der Waals surface area contributed by atoms with Crippen LogP contribution >= 0.6 is 0 Å². The van der Waals surface area contributed by atoms with Crippen molar-refractivity contribution in [3.8, 4) is 5.88 Å². The van der Waals surface area contributed by atoms with Crippen LogP contribution in [-0.4, -0.2) is 22.2 Å². The Kier molecular flexibility index (Phi) is 2.15. The van der Waals surface area contributed by atoms with E-state index in [9.17, 15) is 4.79 Å². The first-order valence-electron chi connectivity index (χ1n) is 3.16. The highest BCUT2D eigenvalue weighted by Crippen LogP contribution is 2.08. The number of hydrogen-bond donors (Lipinski definition) is 1. The predicted octanol–water partition coefficient (Wildman–Crippen LogP) is 0.488. The van der Waals surface area contributed by atoms with Crippen LogP contribution in [0.2, 0.25) is 0 Å². The Labute approximate surface area is 64.0 Å². The molecule has 0 saturated heterocycles. The van der Waals surface area contributed by atoms with Crippen LogP contribution in [0.4, 0.5) is 0 Å². The lowest BCUT2D eigenvalue weighted by Gasteiger charge is -2.02. The molecule has 4 heteroatoms. The van der Waals surface area contributed by atoms with Crippen LogP contribution in [0.25, 0.3) is 0 Å². The zero-order valence-electron chi connectivity index (χ0n) is 6.15. The van der Waals surface area contributed by atoms with Crippen molar-refractivity contribution < 1.29 is 14.6 Å². The standard InChI is InChI=1S/C7H9NO3/c1-8-4-2-3-6(8)11-5-7(9)10/h2-4H,5H2,1H3,(H,9,10). The largest absolute Gasteiger partial charge is 0.479 e. The molecule has 0 radical (unpaired) electrons. The Bertz CT molecular complexity index is 254. The average Bonchev–Trinajstić information content (AvgIpc) is 2.31. The molecule has 0 aromatic carbocycles. The molecule has 0 fully saturated rings. The molecular weight excluding hydrogens is 146 g/mol. The summed E-state index contributed by atoms with van der Waals surface area (Å²) in [6.45, 7) is -0.294. The summed E-state index contributed by atoms with van der Waals surface area (Å²) in [6, 6.07) is 3.50. The van der Waals surface area contributed by atoms with Crippen molar-refractivity contribution in [3.63, 3.8) is 0 Å². The first-order chi connectivity index (χ1) is 5.20. The zero-order chi connectivity index (χ0) is 8.27. The van der Waals surface area contributed by atoms with E-state index in [0.29, 0.717) is 5.88 Å². The molecule has 1 N–H and O–H groups in total. The van der Waals surface area contributed by atoms with E-state index in [0.717, 1.165) is 0 Å². The van der Waals surface area contributed by atoms with Gasteiger partial charge in [0.25, 0.3) is 0 Å². The molecule has 1 heterocycles. The molecule has 0 atom stereocenters. The van der Waals surface area contributed by atoms with E-state index in [1.165, 1.54) is 0 Å². The second-order valence-corrected chi connectivity index (χ2v) is 2.14. The monoisotopic (exact) mass is 155 g/mol. The molecule has 11 heavy (non-hydrogen) atoms. The molecule has 0 aliphatic carbocycles. The van der Waals surface area contributed by atoms with Crippen molar-refractivity contribution in [1.82, 2.24) is 4.57 Å². The predicted molar refractivity (Wildman–Crippen MR) is 38.5 cm³/mol. The highest BCUT2D eigenvalue weighted by molar-refractivity contribution is 5.68. The maximum Gasteiger partial charge on any atom is 0.341 e. The minimum absolute atomic E-state index is 0.294. The number of carboxylic acids is 1. The molecule has 60 valence electrons. The maximum atomic E-state index is 10.1. The minimum Gasteiger partial charge on any atom is -0.479 e. The lowest BCUT2D eigenvalue weighted by atomic mass is 10.6. The highest BCUT2D eigenvalue weighted by atomic mass is 16.5. The third-order valence-electron chi connectivity index (χ3n) is 1.24. The van der Waals surface area contributed by atoms with Crippen LogP contribution in [0.1, 0.15) is 0 Å². The Hall–Kier alpha value is -1.45. The third kappa shape index (κ3) is 2.00. The summed E-state index contributed by atoms with van der Waals surface area (Å²) in [7, 11) is 1.79. The molecule has 0 saturated carbocycles. The number of ether oxygens (including phenoxy) is 1. The average molecular weight is 155 g/mol. The quantitative estimate of drug-likeness (QED) is 0.691. The summed E-state index contributed by atoms with van der Waals surface area (Å²) in [5.41, 5.74) is 0. The van der Waals surface area contributed by atoms with E-state index < -0.39 is 5.97 Å². The number of carboxylic acid groups (broad SMARTS) is 1. The van der Waals surface area contributed by atoms with Crippen LogP contribution in [0.3, 0.4) is 0 Å². The molecule has 0 spiro atoms. The fourth-order valence-electron chi connectivity index (χ4n) is 0.731. The van der Waals surface area contributed by atoms with Gasteiger partial charge in [-0.2, -0.15) is 0 Å². The number of aromatic nitrogens is 1. The molecule has 1 aromatic rings. The molecule has 1 aromatic heterocycles. The van der Waals surface area contributed by atoms with Gasteiger partial charge < -0.3 is 14.4 Å². The summed E-state index contributed by atoms with van der Waals surface area (Å²) < 4.78 is 6.61. The Balaban J connectivity index is 2.51. The van der Waals surface area contributed by atoms with E-state index in [1.54, 1.807) is 29.9 Å². The van der Waals surface area contributed by atoms with E-state index in [2.05, 4.69) is 0 Å². The van der Waals surface area contributed by atoms with Crippen molar-refractivity contribution >= 4 is 5.97 Å². The van der Waals surface area contributed by atoms with Crippen molar-refractivity contribution in [1.29, 1.82) is 0 Å². The lowest BCUT2D eigenvalue weighted by Crippen LogP contribution is -2.10. The summed E-state index contributed by atoms with van der Waals surface area (Å²) in [4.78, 5) is 10.1. The Morgan fingerprint density at radius 3 is 3.00 bits per heavy atom. The van der Waals surface area contributed by atoms with E-state index in [4.69, 9.17) is 9.84 Å². The fourth-order valence-corrected chi connectivity index (χ4v) is 0.731. The van der Waals surface area contributed by atoms with Crippen LogP contribution in [0, 0.1) is 0 Å². The lowest BCUT2D eigenvalue weighted by molar-refractivity contribution is -0.139. The smallest absolute Gasteiger partial charge is 0.341 e. The van der Waals surface area contributed by atoms with Crippen molar-refractivity contribution in [2.75, 3.05) is 6.61 Å². The van der Waals surface area contributed by atoms with Crippen molar-refractivity contribution in [2.45, 2.75) is 0 Å². The van der Waals surface area contributed by atoms with Crippen LogP contribution in [0.5, 0.6) is 5.88 Å². The van der Waals surface area contributed by atoms with Gasteiger partial charge in [-0.3, -0.25) is 0 Å². The fraction of sp³-hybridized carbons (Fsp3) is 0.286. The first kappa shape index (κ1) is 7.65. The van der Waals surface area contributed by atoms with Crippen molar-refractivity contribution in [2.24, 2.45) is 7.05 Å². The van der Waals surface area contributed by atoms with Gasteiger partial charge in [0.1, 0.15) is 0 Å². The molecule has 4 nitrogen and oxygen atoms in total. The first-order valence-corrected chi connectivity index (χ1v) is 3.16. The van der Waals surface area contributed by atoms with Gasteiger partial charge in [0.05, 0.1) is 0 Å².